The molecule has 2 N–H and O–H groups in total. The molecule has 0 aliphatic carbocycles. The second-order valence-corrected chi connectivity index (χ2v) is 8.62. The van der Waals surface area contributed by atoms with Gasteiger partial charge in [0.05, 0.1) is 16.7 Å². The molecule has 1 aliphatic rings. The fourth-order valence-corrected chi connectivity index (χ4v) is 4.78. The number of nitrogens with zero attached hydrogens (tertiary/aromatic N) is 4. The van der Waals surface area contributed by atoms with Gasteiger partial charge in [0, 0.05) is 28.9 Å². The third-order valence-corrected chi connectivity index (χ3v) is 6.19. The highest BCUT2D eigenvalue weighted by Gasteiger charge is 2.23. The van der Waals surface area contributed by atoms with E-state index in [4.69, 9.17) is 4.98 Å². The second kappa shape index (κ2) is 6.95. The van der Waals surface area contributed by atoms with Crippen LogP contribution in [0.3, 0.4) is 0 Å². The van der Waals surface area contributed by atoms with E-state index in [2.05, 4.69) is 66.4 Å². The Morgan fingerprint density at radius 3 is 2.66 bits per heavy atom. The third kappa shape index (κ3) is 3.02. The van der Waals surface area contributed by atoms with Gasteiger partial charge in [0.1, 0.15) is 6.33 Å². The molecule has 0 spiro atoms. The number of fused-ring (bicyclic) bond motifs is 2. The smallest absolute Gasteiger partial charge is 0.158 e. The van der Waals surface area contributed by atoms with Crippen LogP contribution in [-0.2, 0) is 0 Å². The second-order valence-electron chi connectivity index (χ2n) is 8.62. The number of piperidine rings is 1. The maximum Gasteiger partial charge on any atom is 0.158 e. The molecule has 0 saturated carbocycles. The third-order valence-electron chi connectivity index (χ3n) is 6.19. The first-order valence-electron chi connectivity index (χ1n) is 10.6. The Bertz CT molecular complexity index is 1190. The normalized spacial score (nSPS) is 15.8. The summed E-state index contributed by atoms with van der Waals surface area (Å²) in [6.07, 6.45) is 6.00. The maximum absolute atomic E-state index is 5.25. The van der Waals surface area contributed by atoms with E-state index in [-0.39, 0.29) is 0 Å². The van der Waals surface area contributed by atoms with Crippen LogP contribution >= 0.6 is 0 Å². The van der Waals surface area contributed by atoms with Crippen molar-refractivity contribution < 1.29 is 0 Å². The molecule has 6 nitrogen and oxygen atoms in total. The van der Waals surface area contributed by atoms with Gasteiger partial charge in [0.15, 0.2) is 5.65 Å². The zero-order valence-electron chi connectivity index (χ0n) is 17.6. The standard InChI is InChI=1S/C23H28N6/c1-13(2)19-21(17-9-15(4)23-25-12-26-29(23)11-17)27-18-10-14(3)20(28-22(18)19)16-5-7-24-8-6-16/h9-13,16,24,27H,5-8H2,1-4H3. The lowest BCUT2D eigenvalue weighted by atomic mass is 9.91. The van der Waals surface area contributed by atoms with Crippen LogP contribution < -0.4 is 5.32 Å². The molecule has 0 amide bonds. The number of H-pyrrole nitrogens is 1. The topological polar surface area (TPSA) is 70.9 Å². The number of nitrogens with one attached hydrogen (secondary N) is 2. The molecule has 150 valence electrons. The molecule has 4 aromatic heterocycles. The number of pyridine rings is 2. The molecule has 0 unspecified atom stereocenters. The van der Waals surface area contributed by atoms with Crippen LogP contribution in [0.4, 0.5) is 0 Å². The first-order valence-corrected chi connectivity index (χ1v) is 10.6. The van der Waals surface area contributed by atoms with Gasteiger partial charge in [-0.15, -0.1) is 0 Å². The molecule has 0 bridgehead atoms. The fourth-order valence-electron chi connectivity index (χ4n) is 4.78. The van der Waals surface area contributed by atoms with Gasteiger partial charge in [-0.2, -0.15) is 5.10 Å². The lowest BCUT2D eigenvalue weighted by molar-refractivity contribution is 0.452. The van der Waals surface area contributed by atoms with Crippen LogP contribution in [0.1, 0.15) is 60.9 Å². The van der Waals surface area contributed by atoms with Crippen molar-refractivity contribution in [2.45, 2.75) is 52.4 Å². The van der Waals surface area contributed by atoms with E-state index >= 15 is 0 Å². The average molecular weight is 389 g/mol. The Morgan fingerprint density at radius 2 is 1.90 bits per heavy atom. The van der Waals surface area contributed by atoms with Crippen LogP contribution in [0.15, 0.2) is 24.7 Å². The summed E-state index contributed by atoms with van der Waals surface area (Å²) in [6, 6.07) is 4.48. The van der Waals surface area contributed by atoms with Gasteiger partial charge in [-0.3, -0.25) is 4.98 Å². The molecule has 4 aromatic rings. The van der Waals surface area contributed by atoms with Gasteiger partial charge in [-0.1, -0.05) is 13.8 Å². The molecule has 1 fully saturated rings. The van der Waals surface area contributed by atoms with Crippen molar-refractivity contribution in [3.05, 3.63) is 47.0 Å². The molecule has 0 atom stereocenters. The number of hydrogen-bond acceptors (Lipinski definition) is 4. The van der Waals surface area contributed by atoms with Gasteiger partial charge in [0.2, 0.25) is 0 Å². The maximum atomic E-state index is 5.25. The quantitative estimate of drug-likeness (QED) is 0.543. The van der Waals surface area contributed by atoms with E-state index in [1.165, 1.54) is 16.8 Å². The Morgan fingerprint density at radius 1 is 1.10 bits per heavy atom. The monoisotopic (exact) mass is 388 g/mol. The molecule has 6 heteroatoms. The van der Waals surface area contributed by atoms with E-state index in [1.54, 1.807) is 6.33 Å². The van der Waals surface area contributed by atoms with E-state index in [9.17, 15) is 0 Å². The van der Waals surface area contributed by atoms with Gasteiger partial charge < -0.3 is 10.3 Å². The molecule has 29 heavy (non-hydrogen) atoms. The molecule has 0 radical (unpaired) electrons. The van der Waals surface area contributed by atoms with Crippen molar-refractivity contribution >= 4 is 16.7 Å². The summed E-state index contributed by atoms with van der Waals surface area (Å²) in [5, 5.41) is 7.82. The molecular weight excluding hydrogens is 360 g/mol. The summed E-state index contributed by atoms with van der Waals surface area (Å²) in [5.41, 5.74) is 10.4. The average Bonchev–Trinajstić information content (AvgIpc) is 3.32. The van der Waals surface area contributed by atoms with Crippen molar-refractivity contribution in [1.82, 2.24) is 29.9 Å². The molecule has 0 aromatic carbocycles. The Labute approximate surface area is 170 Å². The lowest BCUT2D eigenvalue weighted by Crippen LogP contribution is -2.27. The summed E-state index contributed by atoms with van der Waals surface area (Å²) >= 11 is 0. The largest absolute Gasteiger partial charge is 0.353 e. The van der Waals surface area contributed by atoms with Crippen molar-refractivity contribution in [2.75, 3.05) is 13.1 Å². The van der Waals surface area contributed by atoms with Crippen molar-refractivity contribution in [3.63, 3.8) is 0 Å². The minimum absolute atomic E-state index is 0.363. The Hall–Kier alpha value is -2.73. The van der Waals surface area contributed by atoms with Crippen LogP contribution in [0.25, 0.3) is 27.9 Å². The van der Waals surface area contributed by atoms with Crippen LogP contribution in [0.5, 0.6) is 0 Å². The highest BCUT2D eigenvalue weighted by Crippen LogP contribution is 2.37. The predicted molar refractivity (Wildman–Crippen MR) is 116 cm³/mol. The lowest BCUT2D eigenvalue weighted by Gasteiger charge is -2.23. The zero-order chi connectivity index (χ0) is 20.1. The van der Waals surface area contributed by atoms with Gasteiger partial charge in [0.25, 0.3) is 0 Å². The summed E-state index contributed by atoms with van der Waals surface area (Å²) in [6.45, 7) is 10.9. The first kappa shape index (κ1) is 18.3. The molecular formula is C23H28N6. The Balaban J connectivity index is 1.72. The summed E-state index contributed by atoms with van der Waals surface area (Å²) in [4.78, 5) is 13.3. The number of aryl methyl sites for hydroxylation is 2. The van der Waals surface area contributed by atoms with E-state index in [1.807, 2.05) is 4.52 Å². The molecule has 1 aliphatic heterocycles. The minimum atomic E-state index is 0.363. The van der Waals surface area contributed by atoms with Crippen LogP contribution in [-0.4, -0.2) is 37.7 Å². The van der Waals surface area contributed by atoms with Crippen molar-refractivity contribution in [2.24, 2.45) is 0 Å². The zero-order valence-corrected chi connectivity index (χ0v) is 17.6. The fraction of sp³-hybridized carbons (Fsp3) is 0.435. The summed E-state index contributed by atoms with van der Waals surface area (Å²) in [7, 11) is 0. The van der Waals surface area contributed by atoms with Crippen molar-refractivity contribution in [3.8, 4) is 11.3 Å². The van der Waals surface area contributed by atoms with Gasteiger partial charge in [-0.05, 0) is 69.0 Å². The summed E-state index contributed by atoms with van der Waals surface area (Å²) in [5.74, 6) is 0.911. The molecule has 5 rings (SSSR count). The van der Waals surface area contributed by atoms with E-state index in [0.29, 0.717) is 11.8 Å². The molecule has 5 heterocycles. The van der Waals surface area contributed by atoms with Crippen LogP contribution in [0.2, 0.25) is 0 Å². The number of hydrogen-bond donors (Lipinski definition) is 2. The highest BCUT2D eigenvalue weighted by molar-refractivity contribution is 5.89. The Kier molecular flexibility index (Phi) is 4.39. The van der Waals surface area contributed by atoms with Gasteiger partial charge in [-0.25, -0.2) is 9.50 Å². The van der Waals surface area contributed by atoms with Crippen molar-refractivity contribution in [1.29, 1.82) is 0 Å². The predicted octanol–water partition coefficient (Wildman–Crippen LogP) is 4.48. The van der Waals surface area contributed by atoms with Crippen LogP contribution in [0, 0.1) is 13.8 Å². The van der Waals surface area contributed by atoms with E-state index in [0.717, 1.165) is 59.4 Å². The number of rotatable bonds is 3. The number of aromatic nitrogens is 5. The van der Waals surface area contributed by atoms with E-state index < -0.39 is 0 Å². The SMILES string of the molecule is Cc1cc2[nH]c(-c3cc(C)c4ncnn4c3)c(C(C)C)c2nc1C1CCNCC1. The minimum Gasteiger partial charge on any atom is -0.353 e. The molecule has 1 saturated heterocycles. The summed E-state index contributed by atoms with van der Waals surface area (Å²) < 4.78 is 1.86. The first-order chi connectivity index (χ1) is 14.0. The van der Waals surface area contributed by atoms with Gasteiger partial charge >= 0.3 is 0 Å². The number of aromatic amines is 1. The highest BCUT2D eigenvalue weighted by atomic mass is 15.3.